The molecular weight excluding hydrogens is 282 g/mol. The van der Waals surface area contributed by atoms with Crippen LogP contribution in [0.2, 0.25) is 0 Å². The molecule has 2 aromatic carbocycles. The number of aliphatic hydroxyl groups excluding tert-OH is 1. The molecule has 3 aromatic rings. The molecule has 1 heterocycles. The van der Waals surface area contributed by atoms with Crippen LogP contribution >= 0.6 is 11.3 Å². The van der Waals surface area contributed by atoms with Crippen molar-refractivity contribution in [2.45, 2.75) is 6.10 Å². The Kier molecular flexibility index (Phi) is 4.28. The lowest BCUT2D eigenvalue weighted by molar-refractivity contribution is 0.116. The van der Waals surface area contributed by atoms with Gasteiger partial charge in [-0.15, -0.1) is 11.3 Å². The lowest BCUT2D eigenvalue weighted by Crippen LogP contribution is -2.11. The van der Waals surface area contributed by atoms with E-state index in [2.05, 4.69) is 17.1 Å². The van der Waals surface area contributed by atoms with E-state index in [1.165, 1.54) is 16.9 Å². The predicted molar refractivity (Wildman–Crippen MR) is 84.4 cm³/mol. The first-order valence-corrected chi connectivity index (χ1v) is 7.57. The average molecular weight is 297 g/mol. The van der Waals surface area contributed by atoms with Gasteiger partial charge < -0.3 is 9.84 Å². The minimum absolute atomic E-state index is 0.0893. The maximum atomic E-state index is 9.43. The summed E-state index contributed by atoms with van der Waals surface area (Å²) in [6.07, 6.45) is 1.30. The summed E-state index contributed by atoms with van der Waals surface area (Å²) in [6, 6.07) is 18.0. The van der Waals surface area contributed by atoms with Crippen LogP contribution in [0.15, 0.2) is 66.2 Å². The number of rotatable bonds is 5. The summed E-state index contributed by atoms with van der Waals surface area (Å²) in [5.74, 6) is 0.726. The maximum Gasteiger partial charge on any atom is 0.173 e. The van der Waals surface area contributed by atoms with Gasteiger partial charge in [-0.3, -0.25) is 0 Å². The van der Waals surface area contributed by atoms with Gasteiger partial charge in [0.15, 0.2) is 6.10 Å². The quantitative estimate of drug-likeness (QED) is 0.776. The lowest BCUT2D eigenvalue weighted by Gasteiger charge is -2.14. The van der Waals surface area contributed by atoms with Crippen molar-refractivity contribution in [3.05, 3.63) is 71.2 Å². The summed E-state index contributed by atoms with van der Waals surface area (Å²) in [4.78, 5) is 4.18. The molecule has 1 aromatic heterocycles. The van der Waals surface area contributed by atoms with Crippen LogP contribution in [-0.2, 0) is 0 Å². The normalized spacial score (nSPS) is 12.0. The van der Waals surface area contributed by atoms with Crippen molar-refractivity contribution >= 4 is 11.3 Å². The van der Waals surface area contributed by atoms with Gasteiger partial charge in [-0.2, -0.15) is 0 Å². The molecule has 0 fully saturated rings. The van der Waals surface area contributed by atoms with Gasteiger partial charge in [-0.25, -0.2) is 4.98 Å². The molecule has 3 nitrogen and oxygen atoms in total. The van der Waals surface area contributed by atoms with E-state index < -0.39 is 6.10 Å². The topological polar surface area (TPSA) is 42.4 Å². The van der Waals surface area contributed by atoms with Crippen LogP contribution in [0, 0.1) is 0 Å². The van der Waals surface area contributed by atoms with Crippen LogP contribution in [-0.4, -0.2) is 16.7 Å². The third kappa shape index (κ3) is 3.29. The van der Waals surface area contributed by atoms with Crippen molar-refractivity contribution in [2.24, 2.45) is 0 Å². The molecule has 1 unspecified atom stereocenters. The highest BCUT2D eigenvalue weighted by atomic mass is 32.1. The highest BCUT2D eigenvalue weighted by molar-refractivity contribution is 7.09. The van der Waals surface area contributed by atoms with E-state index in [1.54, 1.807) is 6.20 Å². The van der Waals surface area contributed by atoms with Gasteiger partial charge >= 0.3 is 0 Å². The van der Waals surface area contributed by atoms with E-state index in [4.69, 9.17) is 4.74 Å². The molecule has 0 spiro atoms. The molecule has 0 amide bonds. The zero-order chi connectivity index (χ0) is 14.5. The number of hydrogen-bond donors (Lipinski definition) is 1. The molecule has 0 saturated carbocycles. The fourth-order valence-electron chi connectivity index (χ4n) is 2.08. The Bertz CT molecular complexity index is 666. The van der Waals surface area contributed by atoms with Crippen molar-refractivity contribution in [1.29, 1.82) is 0 Å². The fraction of sp³-hybridized carbons (Fsp3) is 0.118. The van der Waals surface area contributed by atoms with E-state index in [9.17, 15) is 5.11 Å². The van der Waals surface area contributed by atoms with Gasteiger partial charge in [-0.1, -0.05) is 42.5 Å². The number of benzene rings is 2. The van der Waals surface area contributed by atoms with E-state index in [0.717, 1.165) is 16.3 Å². The fourth-order valence-corrected chi connectivity index (χ4v) is 2.74. The van der Waals surface area contributed by atoms with E-state index >= 15 is 0 Å². The summed E-state index contributed by atoms with van der Waals surface area (Å²) in [5, 5.41) is 12.1. The SMILES string of the molecule is OCC(Oc1ccc(-c2ccccc2)cc1)c1nccs1. The summed E-state index contributed by atoms with van der Waals surface area (Å²) < 4.78 is 5.80. The second kappa shape index (κ2) is 6.52. The Hall–Kier alpha value is -2.17. The number of hydrogen-bond acceptors (Lipinski definition) is 4. The van der Waals surface area contributed by atoms with Crippen LogP contribution in [0.1, 0.15) is 11.1 Å². The van der Waals surface area contributed by atoms with Crippen LogP contribution < -0.4 is 4.74 Å². The number of ether oxygens (including phenoxy) is 1. The molecule has 0 aliphatic rings. The van der Waals surface area contributed by atoms with Crippen LogP contribution in [0.25, 0.3) is 11.1 Å². The van der Waals surface area contributed by atoms with E-state index in [0.29, 0.717) is 0 Å². The number of thiazole rings is 1. The van der Waals surface area contributed by atoms with Gasteiger partial charge in [-0.05, 0) is 23.3 Å². The Morgan fingerprint density at radius 1 is 1.00 bits per heavy atom. The first kappa shape index (κ1) is 13.8. The molecule has 1 N–H and O–H groups in total. The Balaban J connectivity index is 1.75. The highest BCUT2D eigenvalue weighted by Gasteiger charge is 2.14. The van der Waals surface area contributed by atoms with Crippen LogP contribution in [0.3, 0.4) is 0 Å². The monoisotopic (exact) mass is 297 g/mol. The van der Waals surface area contributed by atoms with Crippen LogP contribution in [0.5, 0.6) is 5.75 Å². The first-order valence-electron chi connectivity index (χ1n) is 6.69. The standard InChI is InChI=1S/C17H15NO2S/c19-12-16(17-18-10-11-21-17)20-15-8-6-14(7-9-15)13-4-2-1-3-5-13/h1-11,16,19H,12H2. The van der Waals surface area contributed by atoms with Crippen molar-refractivity contribution < 1.29 is 9.84 Å². The molecule has 0 bridgehead atoms. The van der Waals surface area contributed by atoms with Gasteiger partial charge in [0.1, 0.15) is 10.8 Å². The lowest BCUT2D eigenvalue weighted by atomic mass is 10.1. The Labute approximate surface area is 127 Å². The number of aromatic nitrogens is 1. The second-order valence-corrected chi connectivity index (χ2v) is 5.48. The Morgan fingerprint density at radius 3 is 2.33 bits per heavy atom. The highest BCUT2D eigenvalue weighted by Crippen LogP contribution is 2.26. The number of aliphatic hydroxyl groups is 1. The molecule has 4 heteroatoms. The van der Waals surface area contributed by atoms with E-state index in [-0.39, 0.29) is 6.61 Å². The molecule has 106 valence electrons. The molecule has 3 rings (SSSR count). The molecule has 0 radical (unpaired) electrons. The van der Waals surface area contributed by atoms with Crippen molar-refractivity contribution in [3.63, 3.8) is 0 Å². The smallest absolute Gasteiger partial charge is 0.173 e. The Morgan fingerprint density at radius 2 is 1.71 bits per heavy atom. The molecule has 0 aliphatic heterocycles. The second-order valence-electron chi connectivity index (χ2n) is 4.55. The largest absolute Gasteiger partial charge is 0.481 e. The van der Waals surface area contributed by atoms with Crippen molar-refractivity contribution in [3.8, 4) is 16.9 Å². The summed E-state index contributed by atoms with van der Waals surface area (Å²) in [7, 11) is 0. The molecule has 0 aliphatic carbocycles. The van der Waals surface area contributed by atoms with Crippen LogP contribution in [0.4, 0.5) is 0 Å². The zero-order valence-electron chi connectivity index (χ0n) is 11.3. The van der Waals surface area contributed by atoms with Gasteiger partial charge in [0, 0.05) is 11.6 Å². The van der Waals surface area contributed by atoms with E-state index in [1.807, 2.05) is 47.8 Å². The summed E-state index contributed by atoms with van der Waals surface area (Å²) in [5.41, 5.74) is 2.31. The first-order chi connectivity index (χ1) is 10.4. The average Bonchev–Trinajstić information content (AvgIpc) is 3.08. The zero-order valence-corrected chi connectivity index (χ0v) is 12.2. The van der Waals surface area contributed by atoms with Gasteiger partial charge in [0.25, 0.3) is 0 Å². The third-order valence-electron chi connectivity index (χ3n) is 3.13. The van der Waals surface area contributed by atoms with Gasteiger partial charge in [0.2, 0.25) is 0 Å². The molecular formula is C17H15NO2S. The third-order valence-corrected chi connectivity index (χ3v) is 4.00. The molecule has 21 heavy (non-hydrogen) atoms. The van der Waals surface area contributed by atoms with Gasteiger partial charge in [0.05, 0.1) is 6.61 Å². The summed E-state index contributed by atoms with van der Waals surface area (Å²) >= 11 is 1.48. The predicted octanol–water partition coefficient (Wildman–Crippen LogP) is 3.92. The molecule has 0 saturated heterocycles. The minimum atomic E-state index is -0.410. The summed E-state index contributed by atoms with van der Waals surface area (Å²) in [6.45, 7) is -0.0893. The number of nitrogens with zero attached hydrogens (tertiary/aromatic N) is 1. The maximum absolute atomic E-state index is 9.43. The van der Waals surface area contributed by atoms with Crippen molar-refractivity contribution in [1.82, 2.24) is 4.98 Å². The molecule has 1 atom stereocenters. The minimum Gasteiger partial charge on any atom is -0.481 e. The van der Waals surface area contributed by atoms with Crippen molar-refractivity contribution in [2.75, 3.05) is 6.61 Å².